The highest BCUT2D eigenvalue weighted by Crippen LogP contribution is 2.41. The van der Waals surface area contributed by atoms with Crippen LogP contribution in [0.5, 0.6) is 11.5 Å². The second-order valence-corrected chi connectivity index (χ2v) is 12.7. The molecule has 2 heterocycles. The Balaban J connectivity index is 1.29. The van der Waals surface area contributed by atoms with Crippen LogP contribution in [0, 0.1) is 0 Å². The van der Waals surface area contributed by atoms with E-state index in [0.29, 0.717) is 38.5 Å². The molecule has 0 bridgehead atoms. The van der Waals surface area contributed by atoms with Crippen LogP contribution >= 0.6 is 0 Å². The van der Waals surface area contributed by atoms with Crippen LogP contribution in [-0.4, -0.2) is 68.1 Å². The third kappa shape index (κ3) is 7.69. The summed E-state index contributed by atoms with van der Waals surface area (Å²) in [5.41, 5.74) is 4.70. The van der Waals surface area contributed by atoms with Crippen LogP contribution in [0.3, 0.4) is 0 Å². The summed E-state index contributed by atoms with van der Waals surface area (Å²) in [5.74, 6) is 1.64. The van der Waals surface area contributed by atoms with E-state index in [1.54, 1.807) is 0 Å². The SMILES string of the molecule is CCOC(=O)c1c(-c2ccccc2C(C)C)c2cc(OCCCCN3CCOCC3)ccc2n1CCCOc1cccc2ccccc12. The first kappa shape index (κ1) is 33.6. The van der Waals surface area contributed by atoms with Gasteiger partial charge in [-0.05, 0) is 79.4 Å². The standard InChI is InChI=1S/C41H48N2O5/c1-4-46-41(44)40-39(35-17-8-7-15-33(35)30(2)3)36-29-32(47-25-10-9-21-42-23-27-45-28-24-42)19-20-37(36)43(40)22-12-26-48-38-18-11-14-31-13-5-6-16-34(31)38/h5-8,11,13-20,29-30H,4,9-10,12,21-28H2,1-3H3. The molecule has 0 N–H and O–H groups in total. The smallest absolute Gasteiger partial charge is 0.355 e. The average molecular weight is 649 g/mol. The van der Waals surface area contributed by atoms with Crippen molar-refractivity contribution >= 4 is 27.6 Å². The summed E-state index contributed by atoms with van der Waals surface area (Å²) in [4.78, 5) is 16.3. The van der Waals surface area contributed by atoms with E-state index < -0.39 is 0 Å². The Bertz CT molecular complexity index is 1820. The zero-order valence-corrected chi connectivity index (χ0v) is 28.6. The molecule has 0 amide bonds. The van der Waals surface area contributed by atoms with E-state index in [1.165, 1.54) is 5.56 Å². The molecule has 0 saturated carbocycles. The topological polar surface area (TPSA) is 62.2 Å². The monoisotopic (exact) mass is 648 g/mol. The molecule has 0 radical (unpaired) electrons. The van der Waals surface area contributed by atoms with Gasteiger partial charge in [0.15, 0.2) is 0 Å². The summed E-state index contributed by atoms with van der Waals surface area (Å²) in [5, 5.41) is 3.24. The van der Waals surface area contributed by atoms with E-state index in [1.807, 2.05) is 43.3 Å². The Morgan fingerprint density at radius 3 is 2.42 bits per heavy atom. The fourth-order valence-corrected chi connectivity index (χ4v) is 6.75. The number of unbranched alkanes of at least 4 members (excludes halogenated alkanes) is 1. The fourth-order valence-electron chi connectivity index (χ4n) is 6.75. The molecule has 5 aromatic rings. The normalized spacial score (nSPS) is 13.8. The van der Waals surface area contributed by atoms with Gasteiger partial charge in [-0.3, -0.25) is 4.90 Å². The summed E-state index contributed by atoms with van der Waals surface area (Å²) >= 11 is 0. The maximum Gasteiger partial charge on any atom is 0.355 e. The Morgan fingerprint density at radius 1 is 0.812 bits per heavy atom. The molecule has 1 saturated heterocycles. The van der Waals surface area contributed by atoms with Crippen LogP contribution in [0.15, 0.2) is 84.9 Å². The minimum Gasteiger partial charge on any atom is -0.494 e. The van der Waals surface area contributed by atoms with Crippen molar-refractivity contribution in [2.24, 2.45) is 0 Å². The molecule has 0 atom stereocenters. The molecule has 1 fully saturated rings. The number of benzene rings is 4. The van der Waals surface area contributed by atoms with Gasteiger partial charge in [-0.1, -0.05) is 74.5 Å². The van der Waals surface area contributed by atoms with Crippen LogP contribution in [0.2, 0.25) is 0 Å². The lowest BCUT2D eigenvalue weighted by molar-refractivity contribution is 0.0368. The number of carbonyl (C=O) groups excluding carboxylic acids is 1. The van der Waals surface area contributed by atoms with Crippen molar-refractivity contribution in [3.8, 4) is 22.6 Å². The summed E-state index contributed by atoms with van der Waals surface area (Å²) in [6.07, 6.45) is 2.77. The minimum atomic E-state index is -0.317. The first-order chi connectivity index (χ1) is 23.5. The van der Waals surface area contributed by atoms with Gasteiger partial charge >= 0.3 is 5.97 Å². The molecule has 6 rings (SSSR count). The van der Waals surface area contributed by atoms with Gasteiger partial charge in [-0.25, -0.2) is 4.79 Å². The molecule has 1 aromatic heterocycles. The molecule has 0 spiro atoms. The third-order valence-corrected chi connectivity index (χ3v) is 9.13. The lowest BCUT2D eigenvalue weighted by Gasteiger charge is -2.26. The van der Waals surface area contributed by atoms with Gasteiger partial charge in [0.2, 0.25) is 0 Å². The largest absolute Gasteiger partial charge is 0.494 e. The average Bonchev–Trinajstić information content (AvgIpc) is 3.44. The highest BCUT2D eigenvalue weighted by Gasteiger charge is 2.27. The molecule has 0 unspecified atom stereocenters. The zero-order chi connectivity index (χ0) is 33.3. The molecule has 0 aliphatic carbocycles. The number of fused-ring (bicyclic) bond motifs is 2. The molecule has 48 heavy (non-hydrogen) atoms. The number of hydrogen-bond donors (Lipinski definition) is 0. The van der Waals surface area contributed by atoms with E-state index in [2.05, 4.69) is 71.8 Å². The molecule has 4 aromatic carbocycles. The van der Waals surface area contributed by atoms with Gasteiger partial charge in [0, 0.05) is 41.5 Å². The molecule has 1 aliphatic heterocycles. The molecule has 1 aliphatic rings. The molecule has 252 valence electrons. The predicted molar refractivity (Wildman–Crippen MR) is 193 cm³/mol. The van der Waals surface area contributed by atoms with Crippen LogP contribution in [-0.2, 0) is 16.0 Å². The van der Waals surface area contributed by atoms with Gasteiger partial charge < -0.3 is 23.5 Å². The van der Waals surface area contributed by atoms with E-state index in [0.717, 1.165) is 90.0 Å². The number of carbonyl (C=O) groups is 1. The Hall–Kier alpha value is -4.33. The number of hydrogen-bond acceptors (Lipinski definition) is 6. The number of aryl methyl sites for hydroxylation is 1. The van der Waals surface area contributed by atoms with Gasteiger partial charge in [-0.15, -0.1) is 0 Å². The van der Waals surface area contributed by atoms with Crippen molar-refractivity contribution in [1.29, 1.82) is 0 Å². The summed E-state index contributed by atoms with van der Waals surface area (Å²) in [7, 11) is 0. The molecule has 7 heteroatoms. The maximum absolute atomic E-state index is 13.9. The number of esters is 1. The Labute approximate surface area is 284 Å². The second-order valence-electron chi connectivity index (χ2n) is 12.7. The third-order valence-electron chi connectivity index (χ3n) is 9.13. The Morgan fingerprint density at radius 2 is 1.58 bits per heavy atom. The Kier molecular flexibility index (Phi) is 11.3. The number of rotatable bonds is 15. The van der Waals surface area contributed by atoms with Gasteiger partial charge in [0.05, 0.1) is 33.0 Å². The maximum atomic E-state index is 13.9. The van der Waals surface area contributed by atoms with Crippen molar-refractivity contribution in [3.63, 3.8) is 0 Å². The van der Waals surface area contributed by atoms with Crippen molar-refractivity contribution in [2.75, 3.05) is 52.7 Å². The number of aromatic nitrogens is 1. The first-order valence-corrected chi connectivity index (χ1v) is 17.5. The summed E-state index contributed by atoms with van der Waals surface area (Å²) in [6, 6.07) is 29.0. The molecule has 7 nitrogen and oxygen atoms in total. The van der Waals surface area contributed by atoms with Crippen molar-refractivity contribution in [1.82, 2.24) is 9.47 Å². The quantitative estimate of drug-likeness (QED) is 0.0836. The minimum absolute atomic E-state index is 0.273. The van der Waals surface area contributed by atoms with E-state index in [4.69, 9.17) is 18.9 Å². The van der Waals surface area contributed by atoms with E-state index in [-0.39, 0.29) is 11.9 Å². The lowest BCUT2D eigenvalue weighted by Crippen LogP contribution is -2.36. The van der Waals surface area contributed by atoms with Crippen molar-refractivity contribution in [3.05, 3.63) is 96.2 Å². The van der Waals surface area contributed by atoms with Crippen LogP contribution in [0.4, 0.5) is 0 Å². The zero-order valence-electron chi connectivity index (χ0n) is 28.6. The van der Waals surface area contributed by atoms with Crippen LogP contribution in [0.25, 0.3) is 32.8 Å². The summed E-state index contributed by atoms with van der Waals surface area (Å²) in [6.45, 7) is 13.0. The van der Waals surface area contributed by atoms with Crippen molar-refractivity contribution < 1.29 is 23.7 Å². The van der Waals surface area contributed by atoms with E-state index >= 15 is 0 Å². The number of nitrogens with zero attached hydrogens (tertiary/aromatic N) is 2. The summed E-state index contributed by atoms with van der Waals surface area (Å²) < 4.78 is 26.0. The van der Waals surface area contributed by atoms with Crippen LogP contribution < -0.4 is 9.47 Å². The van der Waals surface area contributed by atoms with Gasteiger partial charge in [0.1, 0.15) is 17.2 Å². The molecular formula is C41H48N2O5. The lowest BCUT2D eigenvalue weighted by atomic mass is 9.91. The number of morpholine rings is 1. The van der Waals surface area contributed by atoms with Crippen molar-refractivity contribution in [2.45, 2.75) is 52.5 Å². The number of ether oxygens (including phenoxy) is 4. The van der Waals surface area contributed by atoms with Gasteiger partial charge in [0.25, 0.3) is 0 Å². The molecular weight excluding hydrogens is 600 g/mol. The highest BCUT2D eigenvalue weighted by atomic mass is 16.5. The fraction of sp³-hybridized carbons (Fsp3) is 0.390. The van der Waals surface area contributed by atoms with Crippen LogP contribution in [0.1, 0.15) is 62.0 Å². The van der Waals surface area contributed by atoms with Gasteiger partial charge in [-0.2, -0.15) is 0 Å². The first-order valence-electron chi connectivity index (χ1n) is 17.5. The predicted octanol–water partition coefficient (Wildman–Crippen LogP) is 8.72. The second kappa shape index (κ2) is 16.2. The van der Waals surface area contributed by atoms with E-state index in [9.17, 15) is 4.79 Å². The highest BCUT2D eigenvalue weighted by molar-refractivity contribution is 6.09.